The molecule has 3 aromatic heterocycles. The van der Waals surface area contributed by atoms with E-state index in [1.807, 2.05) is 27.7 Å². The molecule has 0 atom stereocenters. The highest BCUT2D eigenvalue weighted by atomic mass is 15.0. The molecule has 0 aliphatic rings. The van der Waals surface area contributed by atoms with Gasteiger partial charge in [-0.3, -0.25) is 0 Å². The molecule has 7 aromatic rings. The summed E-state index contributed by atoms with van der Waals surface area (Å²) in [6.07, 6.45) is 0. The summed E-state index contributed by atoms with van der Waals surface area (Å²) in [5.41, 5.74) is 8.58. The van der Waals surface area contributed by atoms with Crippen molar-refractivity contribution in [2.75, 3.05) is 0 Å². The Kier molecular flexibility index (Phi) is 6.08. The third-order valence-corrected chi connectivity index (χ3v) is 7.48. The quantitative estimate of drug-likeness (QED) is 0.225. The predicted molar refractivity (Wildman–Crippen MR) is 168 cm³/mol. The molecule has 7 rings (SSSR count). The molecule has 7 nitrogen and oxygen atoms in total. The van der Waals surface area contributed by atoms with Gasteiger partial charge < -0.3 is 4.57 Å². The van der Waals surface area contributed by atoms with E-state index in [1.165, 1.54) is 27.5 Å². The molecule has 0 aliphatic heterocycles. The largest absolute Gasteiger partial charge is 0.309 e. The number of fused-ring (bicyclic) bond motifs is 3. The van der Waals surface area contributed by atoms with E-state index >= 15 is 0 Å². The normalized spacial score (nSPS) is 11.5. The first-order valence-corrected chi connectivity index (χ1v) is 14.0. The van der Waals surface area contributed by atoms with Crippen LogP contribution in [0.15, 0.2) is 84.9 Å². The molecule has 0 aliphatic carbocycles. The maximum Gasteiger partial charge on any atom is 0.165 e. The van der Waals surface area contributed by atoms with Crippen LogP contribution in [0.2, 0.25) is 0 Å². The molecule has 0 unspecified atom stereocenters. The van der Waals surface area contributed by atoms with Gasteiger partial charge in [-0.1, -0.05) is 54.1 Å². The zero-order valence-electron chi connectivity index (χ0n) is 24.2. The van der Waals surface area contributed by atoms with Gasteiger partial charge in [-0.25, -0.2) is 29.9 Å². The summed E-state index contributed by atoms with van der Waals surface area (Å²) in [5.74, 6) is 3.95. The Morgan fingerprint density at radius 2 is 1.07 bits per heavy atom. The van der Waals surface area contributed by atoms with Crippen LogP contribution in [-0.4, -0.2) is 34.5 Å². The van der Waals surface area contributed by atoms with Crippen molar-refractivity contribution in [3.8, 4) is 39.6 Å². The summed E-state index contributed by atoms with van der Waals surface area (Å²) in [4.78, 5) is 27.6. The number of nitrogens with zero attached hydrogens (tertiary/aromatic N) is 7. The van der Waals surface area contributed by atoms with Crippen LogP contribution in [0.4, 0.5) is 0 Å². The number of para-hydroxylation sites is 1. The Labute approximate surface area is 244 Å². The van der Waals surface area contributed by atoms with Gasteiger partial charge in [0.25, 0.3) is 0 Å². The van der Waals surface area contributed by atoms with Crippen LogP contribution in [0.5, 0.6) is 0 Å². The number of aryl methyl sites for hydroxylation is 5. The van der Waals surface area contributed by atoms with Crippen molar-refractivity contribution in [3.63, 3.8) is 0 Å². The Morgan fingerprint density at radius 1 is 0.452 bits per heavy atom. The van der Waals surface area contributed by atoms with Gasteiger partial charge in [0, 0.05) is 21.9 Å². The number of rotatable bonds is 4. The third-order valence-electron chi connectivity index (χ3n) is 7.48. The molecular formula is C35H29N7. The highest BCUT2D eigenvalue weighted by Gasteiger charge is 2.19. The molecule has 0 radical (unpaired) electrons. The van der Waals surface area contributed by atoms with Gasteiger partial charge in [-0.15, -0.1) is 0 Å². The van der Waals surface area contributed by atoms with Crippen molar-refractivity contribution >= 4 is 21.8 Å². The SMILES string of the molecule is Cc1cccc(-c2ccc3c(c2)c2ccccc2n3-c2ccc(-c3nc(C)nc(C)n3)cc2-c2nc(C)nc(C)n2)c1. The standard InChI is InChI=1S/C35H29N7/c1-20-9-8-10-25(17-20)26-13-15-32-29(18-26)28-11-6-7-12-31(28)42(32)33-16-14-27(34-38-21(2)36-22(3)39-34)19-30(33)35-40-23(4)37-24(5)41-35/h6-19H,1-5H3. The minimum absolute atomic E-state index is 0.613. The minimum atomic E-state index is 0.613. The van der Waals surface area contributed by atoms with Crippen molar-refractivity contribution in [1.29, 1.82) is 0 Å². The Bertz CT molecular complexity index is 2120. The zero-order valence-corrected chi connectivity index (χ0v) is 24.2. The third kappa shape index (κ3) is 4.49. The first-order chi connectivity index (χ1) is 20.3. The summed E-state index contributed by atoms with van der Waals surface area (Å²) in [6, 6.07) is 30.2. The number of benzene rings is 4. The smallest absolute Gasteiger partial charge is 0.165 e. The monoisotopic (exact) mass is 547 g/mol. The molecule has 7 heteroatoms. The van der Waals surface area contributed by atoms with Gasteiger partial charge in [0.1, 0.15) is 23.3 Å². The fourth-order valence-electron chi connectivity index (χ4n) is 5.77. The summed E-state index contributed by atoms with van der Waals surface area (Å²) in [5, 5.41) is 2.37. The van der Waals surface area contributed by atoms with Crippen LogP contribution in [0.1, 0.15) is 28.9 Å². The second-order valence-corrected chi connectivity index (χ2v) is 10.7. The summed E-state index contributed by atoms with van der Waals surface area (Å²) in [7, 11) is 0. The lowest BCUT2D eigenvalue weighted by molar-refractivity contribution is 0.924. The topological polar surface area (TPSA) is 82.3 Å². The Hall–Kier alpha value is -5.30. The zero-order chi connectivity index (χ0) is 29.0. The molecule has 4 aromatic carbocycles. The van der Waals surface area contributed by atoms with Crippen molar-refractivity contribution in [3.05, 3.63) is 114 Å². The van der Waals surface area contributed by atoms with E-state index in [0.717, 1.165) is 27.8 Å². The van der Waals surface area contributed by atoms with Crippen LogP contribution in [0.3, 0.4) is 0 Å². The van der Waals surface area contributed by atoms with Gasteiger partial charge in [-0.2, -0.15) is 0 Å². The van der Waals surface area contributed by atoms with Crippen LogP contribution in [0.25, 0.3) is 61.4 Å². The van der Waals surface area contributed by atoms with E-state index in [9.17, 15) is 0 Å². The van der Waals surface area contributed by atoms with Crippen molar-refractivity contribution in [1.82, 2.24) is 34.5 Å². The van der Waals surface area contributed by atoms with Crippen LogP contribution in [0, 0.1) is 34.6 Å². The van der Waals surface area contributed by atoms with Crippen molar-refractivity contribution in [2.45, 2.75) is 34.6 Å². The summed E-state index contributed by atoms with van der Waals surface area (Å²) >= 11 is 0. The van der Waals surface area contributed by atoms with Gasteiger partial charge in [-0.05, 0) is 82.1 Å². The molecule has 3 heterocycles. The number of aromatic nitrogens is 7. The molecule has 0 N–H and O–H groups in total. The first-order valence-electron chi connectivity index (χ1n) is 14.0. The molecule has 0 saturated carbocycles. The first kappa shape index (κ1) is 25.7. The highest BCUT2D eigenvalue weighted by Crippen LogP contribution is 2.38. The molecule has 204 valence electrons. The molecular weight excluding hydrogens is 518 g/mol. The predicted octanol–water partition coefficient (Wildman–Crippen LogP) is 7.70. The van der Waals surface area contributed by atoms with E-state index in [0.29, 0.717) is 34.9 Å². The summed E-state index contributed by atoms with van der Waals surface area (Å²) in [6.45, 7) is 9.69. The van der Waals surface area contributed by atoms with Gasteiger partial charge in [0.05, 0.1) is 16.7 Å². The average molecular weight is 548 g/mol. The molecule has 0 bridgehead atoms. The van der Waals surface area contributed by atoms with E-state index in [2.05, 4.69) is 116 Å². The van der Waals surface area contributed by atoms with Gasteiger partial charge in [0.2, 0.25) is 0 Å². The van der Waals surface area contributed by atoms with E-state index < -0.39 is 0 Å². The lowest BCUT2D eigenvalue weighted by atomic mass is 10.0. The molecule has 0 spiro atoms. The fraction of sp³-hybridized carbons (Fsp3) is 0.143. The van der Waals surface area contributed by atoms with Gasteiger partial charge >= 0.3 is 0 Å². The maximum atomic E-state index is 4.78. The number of hydrogen-bond acceptors (Lipinski definition) is 6. The Balaban J connectivity index is 1.52. The summed E-state index contributed by atoms with van der Waals surface area (Å²) < 4.78 is 2.31. The van der Waals surface area contributed by atoms with Gasteiger partial charge in [0.15, 0.2) is 11.6 Å². The molecule has 0 amide bonds. The minimum Gasteiger partial charge on any atom is -0.309 e. The van der Waals surface area contributed by atoms with E-state index in [-0.39, 0.29) is 0 Å². The van der Waals surface area contributed by atoms with E-state index in [4.69, 9.17) is 9.97 Å². The molecule has 0 fully saturated rings. The van der Waals surface area contributed by atoms with Crippen LogP contribution in [-0.2, 0) is 0 Å². The maximum absolute atomic E-state index is 4.78. The molecule has 0 saturated heterocycles. The lowest BCUT2D eigenvalue weighted by Gasteiger charge is -2.15. The second-order valence-electron chi connectivity index (χ2n) is 10.7. The molecule has 42 heavy (non-hydrogen) atoms. The van der Waals surface area contributed by atoms with Crippen LogP contribution < -0.4 is 0 Å². The van der Waals surface area contributed by atoms with E-state index in [1.54, 1.807) is 0 Å². The average Bonchev–Trinajstić information content (AvgIpc) is 3.29. The lowest BCUT2D eigenvalue weighted by Crippen LogP contribution is -2.04. The number of hydrogen-bond donors (Lipinski definition) is 0. The van der Waals surface area contributed by atoms with Crippen LogP contribution >= 0.6 is 0 Å². The fourth-order valence-corrected chi connectivity index (χ4v) is 5.77. The van der Waals surface area contributed by atoms with Crippen molar-refractivity contribution < 1.29 is 0 Å². The highest BCUT2D eigenvalue weighted by molar-refractivity contribution is 6.11. The second kappa shape index (κ2) is 9.96. The Morgan fingerprint density at radius 3 is 1.79 bits per heavy atom. The van der Waals surface area contributed by atoms with Crippen molar-refractivity contribution in [2.24, 2.45) is 0 Å².